The molecule has 4 N–H and O–H groups in total. The van der Waals surface area contributed by atoms with Crippen LogP contribution in [0.4, 0.5) is 4.79 Å². The van der Waals surface area contributed by atoms with Crippen molar-refractivity contribution in [3.8, 4) is 11.5 Å². The summed E-state index contributed by atoms with van der Waals surface area (Å²) in [4.78, 5) is 44.0. The van der Waals surface area contributed by atoms with Gasteiger partial charge in [0.25, 0.3) is 5.97 Å². The molecule has 2 aromatic rings. The van der Waals surface area contributed by atoms with Crippen LogP contribution in [-0.2, 0) is 36.6 Å². The lowest BCUT2D eigenvalue weighted by molar-refractivity contribution is -0.384. The number of amides is 1. The van der Waals surface area contributed by atoms with E-state index >= 15 is 0 Å². The van der Waals surface area contributed by atoms with Gasteiger partial charge in [-0.1, -0.05) is 67.6 Å². The summed E-state index contributed by atoms with van der Waals surface area (Å²) in [6.45, 7) is 13.6. The van der Waals surface area contributed by atoms with Crippen LogP contribution in [0.25, 0.3) is 0 Å². The molecule has 6 rings (SSSR count). The maximum absolute atomic E-state index is 13.8. The van der Waals surface area contributed by atoms with E-state index in [1.807, 2.05) is 63.4 Å². The number of benzene rings is 2. The topological polar surface area (TPSA) is 170 Å². The smallest absolute Gasteiger partial charge is 0.415 e. The second-order valence-electron chi connectivity index (χ2n) is 16.7. The number of nitrogens with two attached hydrogens (primary N) is 1. The fraction of sp³-hybridized carbons (Fsp3) is 0.533. The number of Topliss-reactive ketones (excluding diaryl/α,β-unsaturated/α-hetero) is 1. The molecule has 2 aromatic carbocycles. The zero-order chi connectivity index (χ0) is 41.9. The average Bonchev–Trinajstić information content (AvgIpc) is 3.32. The normalized spacial score (nSPS) is 31.6. The molecular weight excluding hydrogens is 743 g/mol. The lowest BCUT2D eigenvalue weighted by atomic mass is 9.67. The van der Waals surface area contributed by atoms with Gasteiger partial charge in [-0.05, 0) is 80.5 Å². The van der Waals surface area contributed by atoms with Crippen molar-refractivity contribution in [2.45, 2.75) is 83.2 Å². The van der Waals surface area contributed by atoms with Crippen LogP contribution < -0.4 is 15.2 Å². The van der Waals surface area contributed by atoms with Gasteiger partial charge in [0, 0.05) is 44.4 Å². The molecule has 13 heteroatoms. The van der Waals surface area contributed by atoms with E-state index < -0.39 is 47.7 Å². The number of ketones is 1. The molecule has 2 aliphatic carbocycles. The fourth-order valence-electron chi connectivity index (χ4n) is 9.22. The van der Waals surface area contributed by atoms with E-state index in [0.717, 1.165) is 5.56 Å². The highest BCUT2D eigenvalue weighted by molar-refractivity contribution is 6.04. The number of nitrogens with zero attached hydrogens (tertiary/aromatic N) is 2. The van der Waals surface area contributed by atoms with Crippen LogP contribution in [-0.4, -0.2) is 115 Å². The molecular formula is C45H59N3O10. The third-order valence-corrected chi connectivity index (χ3v) is 12.2. The average molecular weight is 802 g/mol. The molecule has 1 amide bonds. The highest BCUT2D eigenvalue weighted by Gasteiger charge is 2.57. The van der Waals surface area contributed by atoms with Gasteiger partial charge in [-0.3, -0.25) is 9.59 Å². The summed E-state index contributed by atoms with van der Waals surface area (Å²) < 4.78 is 30.0. The van der Waals surface area contributed by atoms with Crippen molar-refractivity contribution >= 4 is 17.8 Å². The molecule has 0 aromatic heterocycles. The summed E-state index contributed by atoms with van der Waals surface area (Å²) in [5, 5.41) is 24.4. The Kier molecular flexibility index (Phi) is 13.3. The summed E-state index contributed by atoms with van der Waals surface area (Å²) >= 11 is 0. The van der Waals surface area contributed by atoms with Crippen LogP contribution in [0.15, 0.2) is 84.0 Å². The van der Waals surface area contributed by atoms with E-state index in [9.17, 15) is 24.6 Å². The maximum atomic E-state index is 13.8. The standard InChI is InChI=1S/C45H59N3O10/c1-27(2)38-18-28(3)41-35(30(5)57-45(53,58-38)23-31-11-9-8-10-12-31)19-33(22-44(52)36(41)17-29(4)42(44)50)26-55-40(49)21-32-13-14-37(39(20-32)54-7)56-43(51)48-16-15-47(6)25-34(48)24-46/h8-14,17,19-20,28,30,34-36,38,41,52-53H,1,15-16,18,21-26,46H2,2-7H3/t28-,30?,34?,35?,36?,38?,41?,44?,45-/m1/s1. The van der Waals surface area contributed by atoms with E-state index in [2.05, 4.69) is 18.4 Å². The second kappa shape index (κ2) is 17.9. The molecule has 0 radical (unpaired) electrons. The van der Waals surface area contributed by atoms with Crippen LogP contribution in [0.3, 0.4) is 0 Å². The first-order valence-electron chi connectivity index (χ1n) is 20.2. The fourth-order valence-corrected chi connectivity index (χ4v) is 9.22. The highest BCUT2D eigenvalue weighted by Crippen LogP contribution is 2.51. The van der Waals surface area contributed by atoms with Crippen LogP contribution in [0.1, 0.15) is 51.7 Å². The summed E-state index contributed by atoms with van der Waals surface area (Å²) in [6.07, 6.45) is 2.44. The molecule has 314 valence electrons. The van der Waals surface area contributed by atoms with E-state index in [-0.39, 0.29) is 61.0 Å². The first-order chi connectivity index (χ1) is 27.5. The maximum Gasteiger partial charge on any atom is 0.415 e. The summed E-state index contributed by atoms with van der Waals surface area (Å²) in [5.74, 6) is -3.85. The zero-order valence-electron chi connectivity index (χ0n) is 34.5. The second-order valence-corrected chi connectivity index (χ2v) is 16.7. The molecule has 4 aliphatic rings. The van der Waals surface area contributed by atoms with E-state index in [1.54, 1.807) is 30.0 Å². The number of aliphatic hydroxyl groups is 2. The Morgan fingerprint density at radius 1 is 1.03 bits per heavy atom. The van der Waals surface area contributed by atoms with Gasteiger partial charge in [-0.25, -0.2) is 4.79 Å². The van der Waals surface area contributed by atoms with Gasteiger partial charge >= 0.3 is 12.1 Å². The molecule has 9 atom stereocenters. The van der Waals surface area contributed by atoms with Crippen LogP contribution in [0.5, 0.6) is 11.5 Å². The molecule has 7 unspecified atom stereocenters. The Morgan fingerprint density at radius 3 is 2.47 bits per heavy atom. The van der Waals surface area contributed by atoms with Crippen molar-refractivity contribution < 1.29 is 48.3 Å². The van der Waals surface area contributed by atoms with Crippen molar-refractivity contribution in [3.63, 3.8) is 0 Å². The molecule has 58 heavy (non-hydrogen) atoms. The van der Waals surface area contributed by atoms with Gasteiger partial charge < -0.3 is 49.4 Å². The minimum atomic E-state index is -2.01. The van der Waals surface area contributed by atoms with E-state index in [0.29, 0.717) is 54.9 Å². The number of likely N-dealkylation sites (N-methyl/N-ethyl adjacent to an activating group) is 1. The molecule has 0 spiro atoms. The lowest BCUT2D eigenvalue weighted by Gasteiger charge is -2.40. The van der Waals surface area contributed by atoms with E-state index in [4.69, 9.17) is 29.4 Å². The largest absolute Gasteiger partial charge is 0.493 e. The predicted molar refractivity (Wildman–Crippen MR) is 217 cm³/mol. The minimum absolute atomic E-state index is 0.0367. The van der Waals surface area contributed by atoms with Gasteiger partial charge in [0.05, 0.1) is 38.2 Å². The van der Waals surface area contributed by atoms with Crippen molar-refractivity contribution in [2.24, 2.45) is 29.4 Å². The number of esters is 1. The van der Waals surface area contributed by atoms with Crippen molar-refractivity contribution in [3.05, 3.63) is 95.1 Å². The first kappa shape index (κ1) is 43.2. The van der Waals surface area contributed by atoms with Gasteiger partial charge in [-0.15, -0.1) is 0 Å². The molecule has 13 nitrogen and oxygen atoms in total. The Labute approximate surface area is 341 Å². The SMILES string of the molecule is C=C(C)C1C[C@@H](C)C2C(C=C(COC(=O)Cc3ccc(OC(=O)N4CCN(C)CC4CN)c(OC)c3)CC3(O)C(=O)C(C)=CC23)C(C)O[C@](O)(Cc2ccccc2)O1. The third-order valence-electron chi connectivity index (χ3n) is 12.2. The highest BCUT2D eigenvalue weighted by atomic mass is 16.8. The monoisotopic (exact) mass is 801 g/mol. The van der Waals surface area contributed by atoms with Gasteiger partial charge in [0.1, 0.15) is 12.2 Å². The van der Waals surface area contributed by atoms with Crippen LogP contribution >= 0.6 is 0 Å². The number of hydrogen-bond acceptors (Lipinski definition) is 12. The Balaban J connectivity index is 1.22. The summed E-state index contributed by atoms with van der Waals surface area (Å²) in [7, 11) is 3.43. The Morgan fingerprint density at radius 2 is 1.78 bits per heavy atom. The van der Waals surface area contributed by atoms with Crippen LogP contribution in [0.2, 0.25) is 0 Å². The number of hydrogen-bond donors (Lipinski definition) is 3. The molecule has 2 fully saturated rings. The van der Waals surface area contributed by atoms with Crippen molar-refractivity contribution in [1.82, 2.24) is 9.80 Å². The van der Waals surface area contributed by atoms with Gasteiger partial charge in [0.15, 0.2) is 17.3 Å². The molecule has 2 saturated heterocycles. The Hall–Kier alpha value is -4.37. The lowest BCUT2D eigenvalue weighted by Crippen LogP contribution is -2.57. The minimum Gasteiger partial charge on any atom is -0.493 e. The molecule has 0 bridgehead atoms. The van der Waals surface area contributed by atoms with Gasteiger partial charge in [0.2, 0.25) is 0 Å². The molecule has 0 saturated carbocycles. The summed E-state index contributed by atoms with van der Waals surface area (Å²) in [6, 6.07) is 14.1. The zero-order valence-corrected chi connectivity index (χ0v) is 34.5. The third kappa shape index (κ3) is 9.40. The number of methoxy groups -OCH3 is 1. The number of ether oxygens (including phenoxy) is 5. The quantitative estimate of drug-likeness (QED) is 0.226. The molecule has 2 aliphatic heterocycles. The molecule has 2 heterocycles. The number of piperazine rings is 1. The predicted octanol–water partition coefficient (Wildman–Crippen LogP) is 4.59. The summed E-state index contributed by atoms with van der Waals surface area (Å²) in [5.41, 5.74) is 7.31. The number of carbonyl (C=O) groups is 3. The van der Waals surface area contributed by atoms with Crippen LogP contribution in [0, 0.1) is 23.7 Å². The van der Waals surface area contributed by atoms with Gasteiger partial charge in [-0.2, -0.15) is 0 Å². The number of rotatable bonds is 10. The Bertz CT molecular complexity index is 1920. The van der Waals surface area contributed by atoms with E-state index in [1.165, 1.54) is 7.11 Å². The number of carbonyl (C=O) groups excluding carboxylic acids is 3. The first-order valence-corrected chi connectivity index (χ1v) is 20.2. The van der Waals surface area contributed by atoms with Crippen molar-refractivity contribution in [2.75, 3.05) is 46.9 Å². The van der Waals surface area contributed by atoms with Crippen molar-refractivity contribution in [1.29, 1.82) is 0 Å². The number of fused-ring (bicyclic) bond motifs is 3.